The highest BCUT2D eigenvalue weighted by atomic mass is 32.1. The summed E-state index contributed by atoms with van der Waals surface area (Å²) in [6.45, 7) is 1.08. The molecule has 0 amide bonds. The number of thiophene rings is 1. The lowest BCUT2D eigenvalue weighted by atomic mass is 9.91. The van der Waals surface area contributed by atoms with Crippen molar-refractivity contribution in [2.75, 3.05) is 13.2 Å². The fourth-order valence-electron chi connectivity index (χ4n) is 2.44. The maximum Gasteiger partial charge on any atom is 0.173 e. The summed E-state index contributed by atoms with van der Waals surface area (Å²) in [7, 11) is 0. The molecular formula is C16H16O4S. The molecule has 1 aromatic rings. The van der Waals surface area contributed by atoms with Crippen LogP contribution in [0, 0.1) is 5.92 Å². The van der Waals surface area contributed by atoms with Crippen LogP contribution in [0.3, 0.4) is 0 Å². The van der Waals surface area contributed by atoms with Crippen molar-refractivity contribution in [3.63, 3.8) is 0 Å². The number of ketones is 2. The Morgan fingerprint density at radius 3 is 2.90 bits per heavy atom. The molecule has 0 saturated carbocycles. The predicted octanol–water partition coefficient (Wildman–Crippen LogP) is 3.11. The molecule has 4 nitrogen and oxygen atoms in total. The zero-order chi connectivity index (χ0) is 14.7. The standard InChI is InChI=1S/C16H16O4S/c17-12(4-5-13(18)16-2-1-9-21-16)11-3-6-14-15(10-11)20-8-7-19-14/h1-3,6,9,11H,4-5,7-8,10H2. The van der Waals surface area contributed by atoms with Crippen molar-refractivity contribution in [2.45, 2.75) is 19.3 Å². The quantitative estimate of drug-likeness (QED) is 0.784. The normalized spacial score (nSPS) is 20.5. The lowest BCUT2D eigenvalue weighted by molar-refractivity contribution is -0.121. The van der Waals surface area contributed by atoms with Gasteiger partial charge in [0.15, 0.2) is 11.5 Å². The van der Waals surface area contributed by atoms with Crippen molar-refractivity contribution in [1.82, 2.24) is 0 Å². The molecule has 5 heteroatoms. The minimum absolute atomic E-state index is 0.0373. The number of carbonyl (C=O) groups is 2. The van der Waals surface area contributed by atoms with Gasteiger partial charge < -0.3 is 9.47 Å². The van der Waals surface area contributed by atoms with Crippen LogP contribution in [0.25, 0.3) is 0 Å². The molecule has 1 aliphatic carbocycles. The van der Waals surface area contributed by atoms with Crippen LogP contribution in [-0.4, -0.2) is 24.8 Å². The summed E-state index contributed by atoms with van der Waals surface area (Å²) in [5, 5.41) is 1.87. The number of rotatable bonds is 5. The van der Waals surface area contributed by atoms with E-state index in [0.717, 1.165) is 16.4 Å². The van der Waals surface area contributed by atoms with Crippen LogP contribution < -0.4 is 0 Å². The van der Waals surface area contributed by atoms with Gasteiger partial charge in [0.1, 0.15) is 24.8 Å². The second kappa shape index (κ2) is 6.26. The molecule has 0 saturated heterocycles. The first-order valence-electron chi connectivity index (χ1n) is 7.00. The highest BCUT2D eigenvalue weighted by Gasteiger charge is 2.26. The van der Waals surface area contributed by atoms with Gasteiger partial charge in [-0.25, -0.2) is 0 Å². The smallest absolute Gasteiger partial charge is 0.173 e. The third kappa shape index (κ3) is 3.24. The molecule has 0 N–H and O–H groups in total. The molecule has 3 rings (SSSR count). The van der Waals surface area contributed by atoms with Crippen molar-refractivity contribution >= 4 is 22.9 Å². The molecule has 0 spiro atoms. The zero-order valence-electron chi connectivity index (χ0n) is 11.5. The highest BCUT2D eigenvalue weighted by molar-refractivity contribution is 7.12. The van der Waals surface area contributed by atoms with Gasteiger partial charge in [-0.1, -0.05) is 12.1 Å². The molecule has 1 aromatic heterocycles. The van der Waals surface area contributed by atoms with E-state index >= 15 is 0 Å². The number of hydrogen-bond donors (Lipinski definition) is 0. The molecular weight excluding hydrogens is 288 g/mol. The summed E-state index contributed by atoms with van der Waals surface area (Å²) in [5.74, 6) is 1.40. The molecule has 21 heavy (non-hydrogen) atoms. The number of Topliss-reactive ketones (excluding diaryl/α,β-unsaturated/α-hetero) is 2. The summed E-state index contributed by atoms with van der Waals surface area (Å²) in [5.41, 5.74) is 0. The molecule has 1 unspecified atom stereocenters. The summed E-state index contributed by atoms with van der Waals surface area (Å²) >= 11 is 1.41. The first kappa shape index (κ1) is 14.1. The molecule has 0 aromatic carbocycles. The van der Waals surface area contributed by atoms with Gasteiger partial charge in [0, 0.05) is 25.2 Å². The van der Waals surface area contributed by atoms with Gasteiger partial charge in [-0.2, -0.15) is 0 Å². The Morgan fingerprint density at radius 1 is 1.24 bits per heavy atom. The maximum atomic E-state index is 12.2. The molecule has 2 aliphatic rings. The van der Waals surface area contributed by atoms with Gasteiger partial charge in [-0.3, -0.25) is 9.59 Å². The van der Waals surface area contributed by atoms with Gasteiger partial charge >= 0.3 is 0 Å². The molecule has 0 bridgehead atoms. The molecule has 110 valence electrons. The van der Waals surface area contributed by atoms with Crippen molar-refractivity contribution in [3.05, 3.63) is 46.1 Å². The molecule has 0 radical (unpaired) electrons. The Balaban J connectivity index is 1.54. The fraction of sp³-hybridized carbons (Fsp3) is 0.375. The lowest BCUT2D eigenvalue weighted by Crippen LogP contribution is -2.22. The number of ether oxygens (including phenoxy) is 2. The summed E-state index contributed by atoms with van der Waals surface area (Å²) in [4.78, 5) is 24.9. The minimum atomic E-state index is -0.207. The van der Waals surface area contributed by atoms with Gasteiger partial charge in [0.25, 0.3) is 0 Å². The Labute approximate surface area is 127 Å². The monoisotopic (exact) mass is 304 g/mol. The van der Waals surface area contributed by atoms with Gasteiger partial charge in [-0.15, -0.1) is 11.3 Å². The summed E-state index contributed by atoms with van der Waals surface area (Å²) < 4.78 is 11.0. The van der Waals surface area contributed by atoms with Crippen LogP contribution in [0.4, 0.5) is 0 Å². The van der Waals surface area contributed by atoms with Gasteiger partial charge in [0.05, 0.1) is 4.88 Å². The minimum Gasteiger partial charge on any atom is -0.490 e. The van der Waals surface area contributed by atoms with E-state index in [0.29, 0.717) is 19.6 Å². The fourth-order valence-corrected chi connectivity index (χ4v) is 3.14. The van der Waals surface area contributed by atoms with Gasteiger partial charge in [-0.05, 0) is 17.5 Å². The number of allylic oxidation sites excluding steroid dienone is 3. The number of carbonyl (C=O) groups excluding carboxylic acids is 2. The summed E-state index contributed by atoms with van der Waals surface area (Å²) in [6, 6.07) is 3.64. The second-order valence-electron chi connectivity index (χ2n) is 5.02. The van der Waals surface area contributed by atoms with E-state index in [1.54, 1.807) is 6.07 Å². The third-order valence-electron chi connectivity index (χ3n) is 3.59. The topological polar surface area (TPSA) is 52.6 Å². The Bertz CT molecular complexity index is 598. The second-order valence-corrected chi connectivity index (χ2v) is 5.97. The predicted molar refractivity (Wildman–Crippen MR) is 79.1 cm³/mol. The largest absolute Gasteiger partial charge is 0.490 e. The van der Waals surface area contributed by atoms with Crippen molar-refractivity contribution in [2.24, 2.45) is 5.92 Å². The van der Waals surface area contributed by atoms with E-state index in [2.05, 4.69) is 0 Å². The highest BCUT2D eigenvalue weighted by Crippen LogP contribution is 2.29. The molecule has 1 aliphatic heterocycles. The van der Waals surface area contributed by atoms with E-state index in [1.807, 2.05) is 23.6 Å². The van der Waals surface area contributed by atoms with E-state index in [1.165, 1.54) is 11.3 Å². The van der Waals surface area contributed by atoms with Crippen LogP contribution in [0.15, 0.2) is 41.2 Å². The van der Waals surface area contributed by atoms with E-state index in [4.69, 9.17) is 9.47 Å². The van der Waals surface area contributed by atoms with E-state index < -0.39 is 0 Å². The zero-order valence-corrected chi connectivity index (χ0v) is 12.4. The number of hydrogen-bond acceptors (Lipinski definition) is 5. The van der Waals surface area contributed by atoms with Crippen LogP contribution in [0.1, 0.15) is 28.9 Å². The summed E-state index contributed by atoms with van der Waals surface area (Å²) in [6.07, 6.45) is 4.74. The first-order chi connectivity index (χ1) is 10.2. The van der Waals surface area contributed by atoms with Crippen molar-refractivity contribution < 1.29 is 19.1 Å². The Kier molecular flexibility index (Phi) is 4.20. The SMILES string of the molecule is O=C(CCC(=O)C1C=CC2=C(C1)OCCO2)c1cccs1. The van der Waals surface area contributed by atoms with Crippen molar-refractivity contribution in [3.8, 4) is 0 Å². The van der Waals surface area contributed by atoms with Gasteiger partial charge in [0.2, 0.25) is 0 Å². The van der Waals surface area contributed by atoms with E-state index in [9.17, 15) is 9.59 Å². The maximum absolute atomic E-state index is 12.2. The Hall–Kier alpha value is -1.88. The van der Waals surface area contributed by atoms with Crippen molar-refractivity contribution in [1.29, 1.82) is 0 Å². The third-order valence-corrected chi connectivity index (χ3v) is 4.50. The van der Waals surface area contributed by atoms with Crippen LogP contribution in [0.5, 0.6) is 0 Å². The molecule has 2 heterocycles. The average Bonchev–Trinajstić information content (AvgIpc) is 3.06. The average molecular weight is 304 g/mol. The first-order valence-corrected chi connectivity index (χ1v) is 7.88. The van der Waals surface area contributed by atoms with Crippen LogP contribution >= 0.6 is 11.3 Å². The van der Waals surface area contributed by atoms with E-state index in [-0.39, 0.29) is 30.3 Å². The molecule has 1 atom stereocenters. The van der Waals surface area contributed by atoms with Crippen LogP contribution in [0.2, 0.25) is 0 Å². The lowest BCUT2D eigenvalue weighted by Gasteiger charge is -2.25. The van der Waals surface area contributed by atoms with Crippen LogP contribution in [-0.2, 0) is 14.3 Å². The molecule has 0 fully saturated rings. The Morgan fingerprint density at radius 2 is 2.10 bits per heavy atom.